The van der Waals surface area contributed by atoms with Crippen molar-refractivity contribution in [3.05, 3.63) is 0 Å². The summed E-state index contributed by atoms with van der Waals surface area (Å²) in [5.41, 5.74) is 6.82. The van der Waals surface area contributed by atoms with Gasteiger partial charge >= 0.3 is 0 Å². The molecule has 0 aromatic carbocycles. The summed E-state index contributed by atoms with van der Waals surface area (Å²) in [7, 11) is 0. The second-order valence-electron chi connectivity index (χ2n) is 0.509. The van der Waals surface area contributed by atoms with Crippen molar-refractivity contribution in [2.24, 2.45) is 11.6 Å². The number of thiocarbonyl (C=S) groups is 1. The Morgan fingerprint density at radius 3 is 1.83 bits per heavy atom. The van der Waals surface area contributed by atoms with Crippen LogP contribution in [0.15, 0.2) is 0 Å². The molecule has 0 atom stereocenters. The fourth-order valence-corrected chi connectivity index (χ4v) is 0. The van der Waals surface area contributed by atoms with Crippen LogP contribution in [0.1, 0.15) is 0 Å². The predicted molar refractivity (Wildman–Crippen MR) is 24.1 cm³/mol. The summed E-state index contributed by atoms with van der Waals surface area (Å²) in [5, 5.41) is 0.116. The Kier molecular flexibility index (Phi) is 8.48. The summed E-state index contributed by atoms with van der Waals surface area (Å²) >= 11 is 4.24. The van der Waals surface area contributed by atoms with Crippen LogP contribution in [0.2, 0.25) is 0 Å². The van der Waals surface area contributed by atoms with Crippen molar-refractivity contribution in [2.45, 2.75) is 0 Å². The zero-order valence-corrected chi connectivity index (χ0v) is 5.25. The molecule has 0 aliphatic carbocycles. The molecule has 5 N–H and O–H groups in total. The monoisotopic (exact) mass is 197 g/mol. The zero-order chi connectivity index (χ0) is 4.28. The molecule has 0 aliphatic heterocycles. The summed E-state index contributed by atoms with van der Waals surface area (Å²) in [6.07, 6.45) is 0. The smallest absolute Gasteiger partial charge is 0.177 e. The third-order valence-electron chi connectivity index (χ3n) is 0.142. The van der Waals surface area contributed by atoms with Gasteiger partial charge in [0.2, 0.25) is 0 Å². The normalized spacial score (nSPS) is 5.50. The van der Waals surface area contributed by atoms with Gasteiger partial charge in [-0.25, -0.2) is 5.84 Å². The first-order chi connectivity index (χ1) is 2.27. The van der Waals surface area contributed by atoms with E-state index in [1.54, 1.807) is 0 Å². The number of rotatable bonds is 0. The van der Waals surface area contributed by atoms with Crippen molar-refractivity contribution < 1.29 is 20.4 Å². The molecule has 0 bridgehead atoms. The van der Waals surface area contributed by atoms with Gasteiger partial charge in [0.05, 0.1) is 0 Å². The van der Waals surface area contributed by atoms with Gasteiger partial charge in [0, 0.05) is 20.4 Å². The molecule has 3 nitrogen and oxygen atoms in total. The average Bonchev–Trinajstić information content (AvgIpc) is 1.38. The summed E-state index contributed by atoms with van der Waals surface area (Å²) in [6, 6.07) is 0. The van der Waals surface area contributed by atoms with Gasteiger partial charge in [0.15, 0.2) is 5.11 Å². The third-order valence-corrected chi connectivity index (χ3v) is 0.260. The number of hydrazine groups is 1. The number of nitrogens with one attached hydrogen (secondary N) is 1. The molecule has 5 heteroatoms. The van der Waals surface area contributed by atoms with Crippen LogP contribution in [-0.4, -0.2) is 5.11 Å². The molecular formula is CH5N3PdS. The maximum absolute atomic E-state index is 4.79. The first kappa shape index (κ1) is 9.58. The van der Waals surface area contributed by atoms with Crippen LogP contribution in [0.4, 0.5) is 0 Å². The van der Waals surface area contributed by atoms with Crippen molar-refractivity contribution in [2.75, 3.05) is 0 Å². The summed E-state index contributed by atoms with van der Waals surface area (Å²) in [5.74, 6) is 4.66. The van der Waals surface area contributed by atoms with Crippen molar-refractivity contribution >= 4 is 17.3 Å². The Morgan fingerprint density at radius 1 is 1.67 bits per heavy atom. The van der Waals surface area contributed by atoms with E-state index >= 15 is 0 Å². The second-order valence-corrected chi connectivity index (χ2v) is 0.948. The van der Waals surface area contributed by atoms with E-state index in [1.165, 1.54) is 0 Å². The first-order valence-electron chi connectivity index (χ1n) is 1.03. The largest absolute Gasteiger partial charge is 0.375 e. The summed E-state index contributed by atoms with van der Waals surface area (Å²) < 4.78 is 0. The van der Waals surface area contributed by atoms with Crippen molar-refractivity contribution in [1.82, 2.24) is 5.43 Å². The first-order valence-corrected chi connectivity index (χ1v) is 1.44. The second kappa shape index (κ2) is 5.31. The predicted octanol–water partition coefficient (Wildman–Crippen LogP) is -1.31. The molecule has 0 spiro atoms. The van der Waals surface area contributed by atoms with Crippen molar-refractivity contribution in [3.8, 4) is 0 Å². The SMILES string of the molecule is NNC(N)=S.[Pd]. The van der Waals surface area contributed by atoms with Crippen LogP contribution in [0, 0.1) is 0 Å². The molecule has 6 heavy (non-hydrogen) atoms. The fraction of sp³-hybridized carbons (Fsp3) is 0. The van der Waals surface area contributed by atoms with Gasteiger partial charge in [-0.1, -0.05) is 0 Å². The van der Waals surface area contributed by atoms with Gasteiger partial charge in [0.1, 0.15) is 0 Å². The average molecular weight is 198 g/mol. The molecule has 0 aromatic heterocycles. The van der Waals surface area contributed by atoms with Crippen LogP contribution in [0.3, 0.4) is 0 Å². The Morgan fingerprint density at radius 2 is 1.83 bits per heavy atom. The minimum atomic E-state index is 0. The molecule has 0 aliphatic rings. The Bertz CT molecular complexity index is 46.1. The molecule has 0 radical (unpaired) electrons. The minimum absolute atomic E-state index is 0. The van der Waals surface area contributed by atoms with Gasteiger partial charge in [0.25, 0.3) is 0 Å². The van der Waals surface area contributed by atoms with Gasteiger partial charge in [-0.3, -0.25) is 0 Å². The number of hydrogen-bond acceptors (Lipinski definition) is 2. The quantitative estimate of drug-likeness (QED) is 0.195. The fourth-order valence-electron chi connectivity index (χ4n) is 0. The molecule has 0 amide bonds. The molecule has 0 rings (SSSR count). The van der Waals surface area contributed by atoms with E-state index in [0.29, 0.717) is 0 Å². The number of hydrogen-bond donors (Lipinski definition) is 3. The molecule has 0 aromatic rings. The molecule has 0 unspecified atom stereocenters. The van der Waals surface area contributed by atoms with E-state index in [2.05, 4.69) is 18.1 Å². The molecule has 0 saturated heterocycles. The van der Waals surface area contributed by atoms with E-state index in [9.17, 15) is 0 Å². The zero-order valence-electron chi connectivity index (χ0n) is 2.88. The van der Waals surface area contributed by atoms with E-state index in [0.717, 1.165) is 0 Å². The third kappa shape index (κ3) is 8.85. The van der Waals surface area contributed by atoms with Crippen LogP contribution in [0.25, 0.3) is 0 Å². The molecule has 0 fully saturated rings. The summed E-state index contributed by atoms with van der Waals surface area (Å²) in [4.78, 5) is 0. The van der Waals surface area contributed by atoms with E-state index in [4.69, 9.17) is 5.73 Å². The van der Waals surface area contributed by atoms with Crippen LogP contribution < -0.4 is 17.0 Å². The minimum Gasteiger partial charge on any atom is -0.375 e. The van der Waals surface area contributed by atoms with Gasteiger partial charge in [-0.05, 0) is 12.2 Å². The standard InChI is InChI=1S/CH5N3S.Pd/c2-1(5)4-3;/h3H2,(H3,2,4,5);. The van der Waals surface area contributed by atoms with Gasteiger partial charge < -0.3 is 11.2 Å². The van der Waals surface area contributed by atoms with Crippen molar-refractivity contribution in [1.29, 1.82) is 0 Å². The van der Waals surface area contributed by atoms with Gasteiger partial charge in [-0.2, -0.15) is 0 Å². The molecule has 0 saturated carbocycles. The Balaban J connectivity index is 0. The topological polar surface area (TPSA) is 64.1 Å². The Labute approximate surface area is 55.1 Å². The van der Waals surface area contributed by atoms with Crippen LogP contribution >= 0.6 is 12.2 Å². The maximum Gasteiger partial charge on any atom is 0.177 e. The Hall–Kier alpha value is 0.312. The van der Waals surface area contributed by atoms with E-state index in [1.807, 2.05) is 5.43 Å². The molecule has 40 valence electrons. The number of nitrogens with two attached hydrogens (primary N) is 2. The maximum atomic E-state index is 4.79. The van der Waals surface area contributed by atoms with Crippen LogP contribution in [-0.2, 0) is 20.4 Å². The molecule has 0 heterocycles. The molecular weight excluding hydrogens is 193 g/mol. The summed E-state index contributed by atoms with van der Waals surface area (Å²) in [6.45, 7) is 0. The van der Waals surface area contributed by atoms with Crippen LogP contribution in [0.5, 0.6) is 0 Å². The van der Waals surface area contributed by atoms with E-state index in [-0.39, 0.29) is 25.5 Å². The van der Waals surface area contributed by atoms with Crippen molar-refractivity contribution in [3.63, 3.8) is 0 Å². The van der Waals surface area contributed by atoms with E-state index < -0.39 is 0 Å². The van der Waals surface area contributed by atoms with Gasteiger partial charge in [-0.15, -0.1) is 0 Å².